The van der Waals surface area contributed by atoms with Gasteiger partial charge in [-0.15, -0.1) is 12.4 Å². The van der Waals surface area contributed by atoms with Gasteiger partial charge in [0, 0.05) is 23.5 Å². The largest absolute Gasteiger partial charge is 0.397 e. The minimum absolute atomic E-state index is 0. The lowest BCUT2D eigenvalue weighted by Gasteiger charge is -2.26. The van der Waals surface area contributed by atoms with Crippen LogP contribution in [0.5, 0.6) is 0 Å². The molecule has 1 atom stereocenters. The Labute approximate surface area is 157 Å². The van der Waals surface area contributed by atoms with Crippen LogP contribution in [0.3, 0.4) is 0 Å². The maximum absolute atomic E-state index is 12.5. The second-order valence-electron chi connectivity index (χ2n) is 6.09. The quantitative estimate of drug-likeness (QED) is 0.715. The predicted octanol–water partition coefficient (Wildman–Crippen LogP) is 3.74. The van der Waals surface area contributed by atoms with Crippen LogP contribution in [0.25, 0.3) is 0 Å². The van der Waals surface area contributed by atoms with E-state index in [4.69, 9.17) is 5.73 Å². The molecule has 0 aromatic heterocycles. The number of anilines is 2. The van der Waals surface area contributed by atoms with Crippen LogP contribution >= 0.6 is 28.3 Å². The number of carbonyl (C=O) groups is 2. The van der Waals surface area contributed by atoms with Gasteiger partial charge in [-0.3, -0.25) is 9.59 Å². The molecule has 1 aliphatic heterocycles. The molecule has 0 aliphatic carbocycles. The fourth-order valence-electron chi connectivity index (χ4n) is 3.08. The predicted molar refractivity (Wildman–Crippen MR) is 103 cm³/mol. The third-order valence-corrected chi connectivity index (χ3v) is 4.98. The van der Waals surface area contributed by atoms with Crippen molar-refractivity contribution in [2.45, 2.75) is 46.1 Å². The summed E-state index contributed by atoms with van der Waals surface area (Å²) in [6, 6.07) is 3.91. The van der Waals surface area contributed by atoms with E-state index in [1.54, 1.807) is 6.07 Å². The summed E-state index contributed by atoms with van der Waals surface area (Å²) in [5.41, 5.74) is 8.08. The van der Waals surface area contributed by atoms with Gasteiger partial charge >= 0.3 is 0 Å². The maximum Gasteiger partial charge on any atom is 0.229 e. The number of benzene rings is 1. The van der Waals surface area contributed by atoms with Crippen LogP contribution in [0.1, 0.15) is 38.7 Å². The van der Waals surface area contributed by atoms with E-state index in [0.717, 1.165) is 22.9 Å². The molecule has 1 saturated heterocycles. The van der Waals surface area contributed by atoms with Crippen molar-refractivity contribution in [2.24, 2.45) is 5.92 Å². The number of nitrogens with two attached hydrogens (primary N) is 1. The Morgan fingerprint density at radius 2 is 2.04 bits per heavy atom. The van der Waals surface area contributed by atoms with Crippen molar-refractivity contribution >= 4 is 51.5 Å². The van der Waals surface area contributed by atoms with Crippen LogP contribution < -0.4 is 11.1 Å². The highest BCUT2D eigenvalue weighted by Crippen LogP contribution is 2.29. The van der Waals surface area contributed by atoms with Crippen molar-refractivity contribution in [2.75, 3.05) is 17.6 Å². The SMILES string of the molecule is CCC(CC)N1CC(C(=O)Nc2cc(Br)cc(C)c2N)CC1=O.Cl. The second kappa shape index (κ2) is 8.72. The van der Waals surface area contributed by atoms with Gasteiger partial charge in [-0.2, -0.15) is 0 Å². The van der Waals surface area contributed by atoms with E-state index in [1.807, 2.05) is 17.9 Å². The van der Waals surface area contributed by atoms with Gasteiger partial charge in [0.15, 0.2) is 0 Å². The molecule has 3 N–H and O–H groups in total. The summed E-state index contributed by atoms with van der Waals surface area (Å²) in [6.45, 7) is 6.52. The highest BCUT2D eigenvalue weighted by Gasteiger charge is 2.37. The Kier molecular flexibility index (Phi) is 7.55. The van der Waals surface area contributed by atoms with Crippen LogP contribution in [0.2, 0.25) is 0 Å². The Hall–Kier alpha value is -1.27. The Morgan fingerprint density at radius 1 is 1.42 bits per heavy atom. The third-order valence-electron chi connectivity index (χ3n) is 4.52. The number of aryl methyl sites for hydroxylation is 1. The molecule has 1 aliphatic rings. The molecule has 134 valence electrons. The van der Waals surface area contributed by atoms with Crippen molar-refractivity contribution in [3.05, 3.63) is 22.2 Å². The Morgan fingerprint density at radius 3 is 2.62 bits per heavy atom. The van der Waals surface area contributed by atoms with E-state index < -0.39 is 0 Å². The molecule has 0 bridgehead atoms. The summed E-state index contributed by atoms with van der Waals surface area (Å²) in [4.78, 5) is 26.6. The number of nitrogens with zero attached hydrogens (tertiary/aromatic N) is 1. The van der Waals surface area contributed by atoms with E-state index >= 15 is 0 Å². The number of hydrogen-bond acceptors (Lipinski definition) is 3. The third kappa shape index (κ3) is 4.42. The number of halogens is 2. The average Bonchev–Trinajstić information content (AvgIpc) is 2.88. The van der Waals surface area contributed by atoms with E-state index in [1.165, 1.54) is 0 Å². The number of nitrogen functional groups attached to an aromatic ring is 1. The molecule has 7 heteroatoms. The molecule has 0 radical (unpaired) electrons. The van der Waals surface area contributed by atoms with E-state index in [0.29, 0.717) is 17.9 Å². The van der Waals surface area contributed by atoms with Gasteiger partial charge in [-0.05, 0) is 37.5 Å². The molecular weight excluding hydrogens is 394 g/mol. The first-order chi connectivity index (χ1) is 10.9. The molecule has 1 fully saturated rings. The van der Waals surface area contributed by atoms with Crippen molar-refractivity contribution in [3.8, 4) is 0 Å². The van der Waals surface area contributed by atoms with E-state index in [2.05, 4.69) is 35.1 Å². The van der Waals surface area contributed by atoms with Crippen LogP contribution in [0.15, 0.2) is 16.6 Å². The Balaban J connectivity index is 0.00000288. The molecule has 1 aromatic carbocycles. The van der Waals surface area contributed by atoms with Crippen LogP contribution in [-0.4, -0.2) is 29.3 Å². The number of hydrogen-bond donors (Lipinski definition) is 2. The number of likely N-dealkylation sites (tertiary alicyclic amines) is 1. The molecule has 1 aromatic rings. The zero-order chi connectivity index (χ0) is 17.1. The minimum Gasteiger partial charge on any atom is -0.397 e. The summed E-state index contributed by atoms with van der Waals surface area (Å²) < 4.78 is 0.862. The number of nitrogens with one attached hydrogen (secondary N) is 1. The van der Waals surface area contributed by atoms with Gasteiger partial charge in [0.2, 0.25) is 11.8 Å². The highest BCUT2D eigenvalue weighted by atomic mass is 79.9. The second-order valence-corrected chi connectivity index (χ2v) is 7.01. The first-order valence-electron chi connectivity index (χ1n) is 8.03. The zero-order valence-corrected chi connectivity index (χ0v) is 16.7. The van der Waals surface area contributed by atoms with Gasteiger partial charge < -0.3 is 16.0 Å². The monoisotopic (exact) mass is 417 g/mol. The molecule has 2 amide bonds. The highest BCUT2D eigenvalue weighted by molar-refractivity contribution is 9.10. The normalized spacial score (nSPS) is 17.1. The number of amides is 2. The molecular formula is C17H25BrClN3O2. The lowest BCUT2D eigenvalue weighted by molar-refractivity contribution is -0.130. The van der Waals surface area contributed by atoms with E-state index in [9.17, 15) is 9.59 Å². The fraction of sp³-hybridized carbons (Fsp3) is 0.529. The molecule has 2 rings (SSSR count). The summed E-state index contributed by atoms with van der Waals surface area (Å²) in [6.07, 6.45) is 2.10. The van der Waals surface area contributed by atoms with Crippen molar-refractivity contribution in [1.82, 2.24) is 4.90 Å². The van der Waals surface area contributed by atoms with Gasteiger partial charge in [0.25, 0.3) is 0 Å². The summed E-state index contributed by atoms with van der Waals surface area (Å²) in [5.74, 6) is -0.393. The van der Waals surface area contributed by atoms with Gasteiger partial charge in [-0.25, -0.2) is 0 Å². The van der Waals surface area contributed by atoms with Crippen molar-refractivity contribution < 1.29 is 9.59 Å². The lowest BCUT2D eigenvalue weighted by atomic mass is 10.1. The summed E-state index contributed by atoms with van der Waals surface area (Å²) in [7, 11) is 0. The topological polar surface area (TPSA) is 75.4 Å². The van der Waals surface area contributed by atoms with E-state index in [-0.39, 0.29) is 42.6 Å². The molecule has 0 spiro atoms. The van der Waals surface area contributed by atoms with Crippen LogP contribution in [0, 0.1) is 12.8 Å². The summed E-state index contributed by atoms with van der Waals surface area (Å²) in [5, 5.41) is 2.88. The molecule has 0 saturated carbocycles. The number of rotatable bonds is 5. The first-order valence-corrected chi connectivity index (χ1v) is 8.82. The molecule has 5 nitrogen and oxygen atoms in total. The van der Waals surface area contributed by atoms with Crippen molar-refractivity contribution in [1.29, 1.82) is 0 Å². The molecule has 1 unspecified atom stereocenters. The van der Waals surface area contributed by atoms with Gasteiger partial charge in [0.1, 0.15) is 0 Å². The Bertz CT molecular complexity index is 620. The smallest absolute Gasteiger partial charge is 0.229 e. The maximum atomic E-state index is 12.5. The van der Waals surface area contributed by atoms with Crippen LogP contribution in [0.4, 0.5) is 11.4 Å². The lowest BCUT2D eigenvalue weighted by Crippen LogP contribution is -2.36. The fourth-order valence-corrected chi connectivity index (χ4v) is 3.65. The van der Waals surface area contributed by atoms with Gasteiger partial charge in [-0.1, -0.05) is 29.8 Å². The minimum atomic E-state index is -0.318. The first kappa shape index (κ1) is 20.8. The zero-order valence-electron chi connectivity index (χ0n) is 14.3. The van der Waals surface area contributed by atoms with Crippen molar-refractivity contribution in [3.63, 3.8) is 0 Å². The molecule has 24 heavy (non-hydrogen) atoms. The van der Waals surface area contributed by atoms with Gasteiger partial charge in [0.05, 0.1) is 17.3 Å². The van der Waals surface area contributed by atoms with Crippen LogP contribution in [-0.2, 0) is 9.59 Å². The molecule has 1 heterocycles. The number of carbonyl (C=O) groups excluding carboxylic acids is 2. The average molecular weight is 419 g/mol. The standard InChI is InChI=1S/C17H24BrN3O2.ClH/c1-4-13(5-2)21-9-11(7-15(21)22)17(23)20-14-8-12(18)6-10(3)16(14)19;/h6,8,11,13H,4-5,7,9,19H2,1-3H3,(H,20,23);1H. The summed E-state index contributed by atoms with van der Waals surface area (Å²) >= 11 is 3.41.